The van der Waals surface area contributed by atoms with E-state index in [0.29, 0.717) is 19.8 Å². The van der Waals surface area contributed by atoms with E-state index in [-0.39, 0.29) is 11.9 Å². The average Bonchev–Trinajstić information content (AvgIpc) is 3.35. The summed E-state index contributed by atoms with van der Waals surface area (Å²) in [7, 11) is 0. The van der Waals surface area contributed by atoms with Gasteiger partial charge in [0.1, 0.15) is 11.0 Å². The zero-order chi connectivity index (χ0) is 16.8. The molecule has 1 amide bonds. The molecule has 3 aromatic rings. The highest BCUT2D eigenvalue weighted by molar-refractivity contribution is 7.18. The summed E-state index contributed by atoms with van der Waals surface area (Å²) in [6.07, 6.45) is 3.72. The van der Waals surface area contributed by atoms with Crippen molar-refractivity contribution in [3.8, 4) is 0 Å². The van der Waals surface area contributed by atoms with Crippen molar-refractivity contribution < 1.29 is 9.53 Å². The van der Waals surface area contributed by atoms with Gasteiger partial charge in [0.05, 0.1) is 40.9 Å². The van der Waals surface area contributed by atoms with Crippen molar-refractivity contribution >= 4 is 27.5 Å². The Morgan fingerprint density at radius 1 is 1.28 bits per heavy atom. The van der Waals surface area contributed by atoms with Gasteiger partial charge < -0.3 is 9.64 Å². The normalized spacial score (nSPS) is 20.2. The molecule has 1 atom stereocenters. The summed E-state index contributed by atoms with van der Waals surface area (Å²) in [6, 6.07) is 7.95. The summed E-state index contributed by atoms with van der Waals surface area (Å²) >= 11 is 1.64. The first-order chi connectivity index (χ1) is 12.3. The van der Waals surface area contributed by atoms with Crippen LogP contribution >= 0.6 is 11.3 Å². The van der Waals surface area contributed by atoms with Crippen LogP contribution in [0.25, 0.3) is 10.2 Å². The summed E-state index contributed by atoms with van der Waals surface area (Å²) in [4.78, 5) is 19.9. The molecule has 0 radical (unpaired) electrons. The van der Waals surface area contributed by atoms with E-state index in [4.69, 9.17) is 9.72 Å². The predicted molar refractivity (Wildman–Crippen MR) is 94.8 cm³/mol. The Bertz CT molecular complexity index is 915. The Hall–Kier alpha value is -2.25. The minimum Gasteiger partial charge on any atom is -0.377 e. The van der Waals surface area contributed by atoms with E-state index in [9.17, 15) is 4.79 Å². The van der Waals surface area contributed by atoms with Crippen LogP contribution in [0, 0.1) is 0 Å². The lowest BCUT2D eigenvalue weighted by Crippen LogP contribution is -2.43. The number of morpholine rings is 1. The smallest absolute Gasteiger partial charge is 0.258 e. The zero-order valence-electron chi connectivity index (χ0n) is 13.7. The molecule has 0 aliphatic carbocycles. The van der Waals surface area contributed by atoms with Gasteiger partial charge in [-0.15, -0.1) is 11.3 Å². The second-order valence-electron chi connectivity index (χ2n) is 6.44. The highest BCUT2D eigenvalue weighted by Gasteiger charge is 2.34. The van der Waals surface area contributed by atoms with E-state index < -0.39 is 0 Å². The number of ether oxygens (including phenoxy) is 1. The van der Waals surface area contributed by atoms with Crippen LogP contribution in [-0.2, 0) is 17.7 Å². The molecule has 0 saturated carbocycles. The van der Waals surface area contributed by atoms with Crippen LogP contribution < -0.4 is 0 Å². The number of hydrogen-bond donors (Lipinski definition) is 0. The number of aryl methyl sites for hydroxylation is 1. The minimum atomic E-state index is -0.129. The molecule has 128 valence electrons. The van der Waals surface area contributed by atoms with Gasteiger partial charge in [0, 0.05) is 13.1 Å². The van der Waals surface area contributed by atoms with E-state index in [1.54, 1.807) is 17.5 Å². The van der Waals surface area contributed by atoms with Crippen LogP contribution in [0.3, 0.4) is 0 Å². The summed E-state index contributed by atoms with van der Waals surface area (Å²) in [6.45, 7) is 2.56. The number of para-hydroxylation sites is 1. The predicted octanol–water partition coefficient (Wildman–Crippen LogP) is 2.65. The van der Waals surface area contributed by atoms with Crippen molar-refractivity contribution in [3.63, 3.8) is 0 Å². The van der Waals surface area contributed by atoms with Gasteiger partial charge in [0.15, 0.2) is 0 Å². The van der Waals surface area contributed by atoms with Crippen molar-refractivity contribution in [2.24, 2.45) is 0 Å². The first-order valence-corrected chi connectivity index (χ1v) is 9.42. The fraction of sp³-hybridized carbons (Fsp3) is 0.389. The van der Waals surface area contributed by atoms with Gasteiger partial charge in [-0.05, 0) is 25.0 Å². The zero-order valence-corrected chi connectivity index (χ0v) is 14.5. The molecule has 6 nitrogen and oxygen atoms in total. The van der Waals surface area contributed by atoms with Crippen LogP contribution in [0.2, 0.25) is 0 Å². The van der Waals surface area contributed by atoms with Gasteiger partial charge in [-0.3, -0.25) is 9.48 Å². The van der Waals surface area contributed by atoms with E-state index in [1.165, 1.54) is 0 Å². The van der Waals surface area contributed by atoms with E-state index >= 15 is 0 Å². The van der Waals surface area contributed by atoms with E-state index in [2.05, 4.69) is 11.2 Å². The summed E-state index contributed by atoms with van der Waals surface area (Å²) in [5, 5.41) is 5.31. The molecule has 1 fully saturated rings. The monoisotopic (exact) mass is 354 g/mol. The van der Waals surface area contributed by atoms with Crippen LogP contribution in [0.5, 0.6) is 0 Å². The highest BCUT2D eigenvalue weighted by Crippen LogP contribution is 2.33. The molecule has 4 heterocycles. The molecule has 1 aromatic carbocycles. The average molecular weight is 354 g/mol. The number of hydrogen-bond acceptors (Lipinski definition) is 5. The van der Waals surface area contributed by atoms with Crippen LogP contribution in [0.1, 0.15) is 33.5 Å². The Kier molecular flexibility index (Phi) is 3.57. The molecule has 25 heavy (non-hydrogen) atoms. The van der Waals surface area contributed by atoms with Gasteiger partial charge in [-0.1, -0.05) is 12.1 Å². The number of carbonyl (C=O) groups excluding carboxylic acids is 1. The summed E-state index contributed by atoms with van der Waals surface area (Å²) in [5.41, 5.74) is 2.79. The maximum atomic E-state index is 13.2. The molecular formula is C18H18N4O2S. The Morgan fingerprint density at radius 2 is 2.20 bits per heavy atom. The van der Waals surface area contributed by atoms with Crippen LogP contribution in [0.4, 0.5) is 0 Å². The maximum Gasteiger partial charge on any atom is 0.258 e. The van der Waals surface area contributed by atoms with Gasteiger partial charge in [-0.25, -0.2) is 4.98 Å². The van der Waals surface area contributed by atoms with Crippen molar-refractivity contribution in [1.82, 2.24) is 19.7 Å². The standard InChI is InChI=1S/C18H18N4O2S/c23-18(12-10-19-22-7-3-5-14(12)22)21-8-9-24-11-15(21)17-20-13-4-1-2-6-16(13)25-17/h1-2,4,6,10,15H,3,5,7-9,11H2. The topological polar surface area (TPSA) is 60.2 Å². The first kappa shape index (κ1) is 15.0. The minimum absolute atomic E-state index is 0.0516. The fourth-order valence-electron chi connectivity index (χ4n) is 3.68. The summed E-state index contributed by atoms with van der Waals surface area (Å²) in [5.74, 6) is 0.0516. The Balaban J connectivity index is 1.50. The number of aromatic nitrogens is 3. The van der Waals surface area contributed by atoms with Gasteiger partial charge in [0.2, 0.25) is 0 Å². The van der Waals surface area contributed by atoms with Gasteiger partial charge >= 0.3 is 0 Å². The lowest BCUT2D eigenvalue weighted by molar-refractivity contribution is -0.00275. The van der Waals surface area contributed by atoms with Crippen molar-refractivity contribution in [1.29, 1.82) is 0 Å². The summed E-state index contributed by atoms with van der Waals surface area (Å²) < 4.78 is 8.77. The SMILES string of the molecule is O=C(c1cnn2c1CCC2)N1CCOCC1c1nc2ccccc2s1. The van der Waals surface area contributed by atoms with Crippen molar-refractivity contribution in [3.05, 3.63) is 46.7 Å². The highest BCUT2D eigenvalue weighted by atomic mass is 32.1. The lowest BCUT2D eigenvalue weighted by atomic mass is 10.1. The third kappa shape index (κ3) is 2.46. The molecule has 7 heteroatoms. The third-order valence-electron chi connectivity index (χ3n) is 4.95. The third-order valence-corrected chi connectivity index (χ3v) is 6.09. The van der Waals surface area contributed by atoms with Crippen LogP contribution in [-0.4, -0.2) is 45.3 Å². The molecule has 2 aromatic heterocycles. The molecule has 2 aliphatic heterocycles. The van der Waals surface area contributed by atoms with Gasteiger partial charge in [0.25, 0.3) is 5.91 Å². The molecule has 0 N–H and O–H groups in total. The maximum absolute atomic E-state index is 13.2. The Labute approximate surface area is 149 Å². The number of nitrogens with zero attached hydrogens (tertiary/aromatic N) is 4. The Morgan fingerprint density at radius 3 is 3.12 bits per heavy atom. The van der Waals surface area contributed by atoms with E-state index in [0.717, 1.165) is 45.9 Å². The van der Waals surface area contributed by atoms with Crippen molar-refractivity contribution in [2.75, 3.05) is 19.8 Å². The molecule has 0 bridgehead atoms. The number of thiazole rings is 1. The molecule has 2 aliphatic rings. The molecular weight excluding hydrogens is 336 g/mol. The second kappa shape index (κ2) is 5.93. The molecule has 1 unspecified atom stereocenters. The number of amides is 1. The van der Waals surface area contributed by atoms with Gasteiger partial charge in [-0.2, -0.15) is 5.10 Å². The van der Waals surface area contributed by atoms with E-state index in [1.807, 2.05) is 27.8 Å². The number of benzene rings is 1. The molecule has 1 saturated heterocycles. The second-order valence-corrected chi connectivity index (χ2v) is 7.50. The number of rotatable bonds is 2. The first-order valence-electron chi connectivity index (χ1n) is 8.60. The number of carbonyl (C=O) groups is 1. The molecule has 5 rings (SSSR count). The largest absolute Gasteiger partial charge is 0.377 e. The van der Waals surface area contributed by atoms with Crippen LogP contribution in [0.15, 0.2) is 30.5 Å². The van der Waals surface area contributed by atoms with Crippen molar-refractivity contribution in [2.45, 2.75) is 25.4 Å². The number of fused-ring (bicyclic) bond motifs is 2. The fourth-order valence-corrected chi connectivity index (χ4v) is 4.75. The lowest BCUT2D eigenvalue weighted by Gasteiger charge is -2.34. The quantitative estimate of drug-likeness (QED) is 0.710. The molecule has 0 spiro atoms.